The molecule has 2 N–H and O–H groups in total. The average molecular weight is 242 g/mol. The molecule has 0 aliphatic heterocycles. The molecule has 94 valence electrons. The maximum Gasteiger partial charge on any atom is 0.104 e. The number of benzene rings is 1. The Labute approximate surface area is 107 Å². The first-order chi connectivity index (χ1) is 8.79. The van der Waals surface area contributed by atoms with Crippen LogP contribution in [0.15, 0.2) is 18.2 Å². The second kappa shape index (κ2) is 6.18. The fourth-order valence-electron chi connectivity index (χ4n) is 1.99. The van der Waals surface area contributed by atoms with Gasteiger partial charge in [0.1, 0.15) is 5.82 Å². The molecule has 1 heterocycles. The number of nitrogens with one attached hydrogen (secondary N) is 2. The summed E-state index contributed by atoms with van der Waals surface area (Å²) in [7, 11) is 0. The van der Waals surface area contributed by atoms with Crippen molar-refractivity contribution in [1.82, 2.24) is 15.3 Å². The number of nitriles is 1. The Morgan fingerprint density at radius 3 is 3.11 bits per heavy atom. The summed E-state index contributed by atoms with van der Waals surface area (Å²) in [5.74, 6) is 0.955. The number of hydrogen-bond donors (Lipinski definition) is 2. The van der Waals surface area contributed by atoms with Gasteiger partial charge in [0.15, 0.2) is 0 Å². The molecule has 0 aliphatic carbocycles. The number of aromatic nitrogens is 2. The zero-order chi connectivity index (χ0) is 12.8. The maximum atomic E-state index is 8.42. The first-order valence-electron chi connectivity index (χ1n) is 6.32. The Morgan fingerprint density at radius 1 is 1.39 bits per heavy atom. The van der Waals surface area contributed by atoms with Crippen LogP contribution in [0, 0.1) is 18.3 Å². The highest BCUT2D eigenvalue weighted by Gasteiger charge is 2.00. The van der Waals surface area contributed by atoms with E-state index in [1.807, 2.05) is 6.92 Å². The van der Waals surface area contributed by atoms with Gasteiger partial charge in [0.25, 0.3) is 0 Å². The van der Waals surface area contributed by atoms with Gasteiger partial charge >= 0.3 is 0 Å². The van der Waals surface area contributed by atoms with Crippen LogP contribution in [0.4, 0.5) is 0 Å². The predicted molar refractivity (Wildman–Crippen MR) is 72.3 cm³/mol. The van der Waals surface area contributed by atoms with Crippen LogP contribution in [0.2, 0.25) is 0 Å². The largest absolute Gasteiger partial charge is 0.342 e. The summed E-state index contributed by atoms with van der Waals surface area (Å²) in [5.41, 5.74) is 3.44. The molecule has 0 aliphatic rings. The number of unbranched alkanes of at least 4 members (excludes halogenated alkanes) is 1. The van der Waals surface area contributed by atoms with Gasteiger partial charge in [-0.1, -0.05) is 6.07 Å². The summed E-state index contributed by atoms with van der Waals surface area (Å²) in [6.45, 7) is 3.83. The standard InChI is InChI=1S/C14H18N4/c1-11-17-13-5-4-12(10-14(13)18-11)6-9-16-8-3-2-7-15/h4-5,10,16H,2-3,6,8-9H2,1H3,(H,17,18). The highest BCUT2D eigenvalue weighted by atomic mass is 14.9. The van der Waals surface area contributed by atoms with Crippen molar-refractivity contribution >= 4 is 11.0 Å². The lowest BCUT2D eigenvalue weighted by atomic mass is 10.1. The van der Waals surface area contributed by atoms with Crippen LogP contribution in [-0.4, -0.2) is 23.1 Å². The highest BCUT2D eigenvalue weighted by molar-refractivity contribution is 5.75. The van der Waals surface area contributed by atoms with Gasteiger partial charge in [-0.2, -0.15) is 5.26 Å². The monoisotopic (exact) mass is 242 g/mol. The molecule has 2 aromatic rings. The van der Waals surface area contributed by atoms with Gasteiger partial charge in [-0.25, -0.2) is 4.98 Å². The third-order valence-electron chi connectivity index (χ3n) is 2.90. The van der Waals surface area contributed by atoms with Crippen LogP contribution in [0.1, 0.15) is 24.2 Å². The molecule has 0 saturated heterocycles. The summed E-state index contributed by atoms with van der Waals surface area (Å²) in [6, 6.07) is 8.49. The molecule has 0 fully saturated rings. The lowest BCUT2D eigenvalue weighted by Gasteiger charge is -2.03. The number of imidazole rings is 1. The Hall–Kier alpha value is -1.86. The molecule has 4 nitrogen and oxygen atoms in total. The Bertz CT molecular complexity index is 550. The molecule has 18 heavy (non-hydrogen) atoms. The highest BCUT2D eigenvalue weighted by Crippen LogP contribution is 2.13. The number of nitrogens with zero attached hydrogens (tertiary/aromatic N) is 2. The van der Waals surface area contributed by atoms with E-state index in [4.69, 9.17) is 5.26 Å². The summed E-state index contributed by atoms with van der Waals surface area (Å²) in [6.07, 6.45) is 2.56. The zero-order valence-electron chi connectivity index (χ0n) is 10.7. The molecule has 0 atom stereocenters. The molecule has 0 amide bonds. The van der Waals surface area contributed by atoms with Crippen LogP contribution in [0.5, 0.6) is 0 Å². The fourth-order valence-corrected chi connectivity index (χ4v) is 1.99. The lowest BCUT2D eigenvalue weighted by Crippen LogP contribution is -2.18. The minimum Gasteiger partial charge on any atom is -0.342 e. The van der Waals surface area contributed by atoms with Gasteiger partial charge < -0.3 is 10.3 Å². The minimum atomic E-state index is 0.631. The maximum absolute atomic E-state index is 8.42. The van der Waals surface area contributed by atoms with Crippen molar-refractivity contribution in [2.24, 2.45) is 0 Å². The molecular formula is C14H18N4. The fraction of sp³-hybridized carbons (Fsp3) is 0.429. The second-order valence-electron chi connectivity index (χ2n) is 4.44. The van der Waals surface area contributed by atoms with Crippen molar-refractivity contribution in [1.29, 1.82) is 5.26 Å². The van der Waals surface area contributed by atoms with E-state index in [0.717, 1.165) is 42.8 Å². The van der Waals surface area contributed by atoms with E-state index in [2.05, 4.69) is 39.6 Å². The Balaban J connectivity index is 1.82. The van der Waals surface area contributed by atoms with E-state index >= 15 is 0 Å². The van der Waals surface area contributed by atoms with Crippen molar-refractivity contribution in [3.05, 3.63) is 29.6 Å². The molecule has 0 bridgehead atoms. The summed E-state index contributed by atoms with van der Waals surface area (Å²) < 4.78 is 0. The quantitative estimate of drug-likeness (QED) is 0.764. The molecule has 0 saturated carbocycles. The summed E-state index contributed by atoms with van der Waals surface area (Å²) >= 11 is 0. The minimum absolute atomic E-state index is 0.631. The molecule has 0 radical (unpaired) electrons. The first-order valence-corrected chi connectivity index (χ1v) is 6.32. The van der Waals surface area contributed by atoms with Crippen molar-refractivity contribution in [3.8, 4) is 6.07 Å². The van der Waals surface area contributed by atoms with Crippen LogP contribution in [0.3, 0.4) is 0 Å². The third kappa shape index (κ3) is 3.31. The second-order valence-corrected chi connectivity index (χ2v) is 4.44. The van der Waals surface area contributed by atoms with Gasteiger partial charge in [0, 0.05) is 6.42 Å². The smallest absolute Gasteiger partial charge is 0.104 e. The molecule has 0 spiro atoms. The number of rotatable bonds is 6. The summed E-state index contributed by atoms with van der Waals surface area (Å²) in [4.78, 5) is 7.63. The molecule has 0 unspecified atom stereocenters. The predicted octanol–water partition coefficient (Wildman–Crippen LogP) is 2.31. The van der Waals surface area contributed by atoms with E-state index in [1.165, 1.54) is 5.56 Å². The van der Waals surface area contributed by atoms with Gasteiger partial charge in [-0.3, -0.25) is 0 Å². The normalized spacial score (nSPS) is 10.7. The van der Waals surface area contributed by atoms with Gasteiger partial charge in [0.2, 0.25) is 0 Å². The van der Waals surface area contributed by atoms with Crippen molar-refractivity contribution < 1.29 is 0 Å². The SMILES string of the molecule is Cc1nc2ccc(CCNCCCC#N)cc2[nH]1. The molecule has 4 heteroatoms. The van der Waals surface area contributed by atoms with Crippen molar-refractivity contribution in [3.63, 3.8) is 0 Å². The number of aryl methyl sites for hydroxylation is 1. The third-order valence-corrected chi connectivity index (χ3v) is 2.90. The molecule has 2 rings (SSSR count). The number of aromatic amines is 1. The van der Waals surface area contributed by atoms with Crippen LogP contribution >= 0.6 is 0 Å². The number of hydrogen-bond acceptors (Lipinski definition) is 3. The van der Waals surface area contributed by atoms with Gasteiger partial charge in [-0.05, 0) is 50.6 Å². The molecule has 1 aromatic carbocycles. The first kappa shape index (κ1) is 12.6. The average Bonchev–Trinajstić information content (AvgIpc) is 2.73. The summed E-state index contributed by atoms with van der Waals surface area (Å²) in [5, 5.41) is 11.8. The van der Waals surface area contributed by atoms with E-state index in [1.54, 1.807) is 0 Å². The lowest BCUT2D eigenvalue weighted by molar-refractivity contribution is 0.655. The van der Waals surface area contributed by atoms with Crippen LogP contribution in [0.25, 0.3) is 11.0 Å². The van der Waals surface area contributed by atoms with E-state index < -0.39 is 0 Å². The Kier molecular flexibility index (Phi) is 4.32. The van der Waals surface area contributed by atoms with E-state index in [-0.39, 0.29) is 0 Å². The van der Waals surface area contributed by atoms with E-state index in [0.29, 0.717) is 6.42 Å². The zero-order valence-corrected chi connectivity index (χ0v) is 10.7. The van der Waals surface area contributed by atoms with E-state index in [9.17, 15) is 0 Å². The molecular weight excluding hydrogens is 224 g/mol. The van der Waals surface area contributed by atoms with Crippen molar-refractivity contribution in [2.75, 3.05) is 13.1 Å². The number of H-pyrrole nitrogens is 1. The van der Waals surface area contributed by atoms with Crippen LogP contribution < -0.4 is 5.32 Å². The number of fused-ring (bicyclic) bond motifs is 1. The van der Waals surface area contributed by atoms with Crippen molar-refractivity contribution in [2.45, 2.75) is 26.2 Å². The Morgan fingerprint density at radius 2 is 2.28 bits per heavy atom. The van der Waals surface area contributed by atoms with Crippen LogP contribution in [-0.2, 0) is 6.42 Å². The van der Waals surface area contributed by atoms with Gasteiger partial charge in [-0.15, -0.1) is 0 Å². The van der Waals surface area contributed by atoms with Gasteiger partial charge in [0.05, 0.1) is 17.1 Å². The topological polar surface area (TPSA) is 64.5 Å². The molecule has 1 aromatic heterocycles.